The molecule has 0 saturated heterocycles. The number of carbonyl (C=O) groups is 3. The van der Waals surface area contributed by atoms with Gasteiger partial charge in [0.15, 0.2) is 11.6 Å². The zero-order chi connectivity index (χ0) is 35.9. The highest BCUT2D eigenvalue weighted by Crippen LogP contribution is 2.24. The first-order chi connectivity index (χ1) is 23.7. The summed E-state index contributed by atoms with van der Waals surface area (Å²) in [7, 11) is 1.60. The van der Waals surface area contributed by atoms with E-state index in [1.807, 2.05) is 0 Å². The SMILES string of the molecule is CCNC(=O)[C@H](CSCCC(=O)Nc1cccc(Nc2nc(Nc3ccc(OCCOC)cc3)ncc2F)c1)NC(=O)CCCN.O=C=O. The van der Waals surface area contributed by atoms with Gasteiger partial charge in [-0.15, -0.1) is 0 Å². The number of hydrogen-bond acceptors (Lipinski definition) is 13. The monoisotopic (exact) mass is 700 g/mol. The number of nitrogens with one attached hydrogen (secondary N) is 5. The number of aromatic nitrogens is 2. The molecule has 0 unspecified atom stereocenters. The van der Waals surface area contributed by atoms with Crippen molar-refractivity contribution in [2.75, 3.05) is 60.9 Å². The maximum absolute atomic E-state index is 14.6. The van der Waals surface area contributed by atoms with Crippen LogP contribution in [0.25, 0.3) is 0 Å². The molecule has 0 radical (unpaired) electrons. The molecule has 49 heavy (non-hydrogen) atoms. The van der Waals surface area contributed by atoms with Crippen molar-refractivity contribution in [3.8, 4) is 5.75 Å². The average Bonchev–Trinajstić information content (AvgIpc) is 3.08. The van der Waals surface area contributed by atoms with E-state index in [0.29, 0.717) is 67.0 Å². The number of amides is 3. The lowest BCUT2D eigenvalue weighted by Crippen LogP contribution is -2.48. The number of rotatable bonds is 20. The molecule has 3 rings (SSSR count). The topological polar surface area (TPSA) is 216 Å². The van der Waals surface area contributed by atoms with Gasteiger partial charge in [0.1, 0.15) is 18.4 Å². The van der Waals surface area contributed by atoms with Crippen molar-refractivity contribution >= 4 is 64.5 Å². The minimum absolute atomic E-state index is 0.0475. The molecule has 0 aliphatic heterocycles. The van der Waals surface area contributed by atoms with Gasteiger partial charge in [0.25, 0.3) is 0 Å². The number of carbonyl (C=O) groups excluding carboxylic acids is 5. The highest BCUT2D eigenvalue weighted by molar-refractivity contribution is 7.99. The first kappa shape index (κ1) is 40.1. The summed E-state index contributed by atoms with van der Waals surface area (Å²) in [5.74, 6) is 0.176. The lowest BCUT2D eigenvalue weighted by Gasteiger charge is -2.17. The Morgan fingerprint density at radius 2 is 1.73 bits per heavy atom. The summed E-state index contributed by atoms with van der Waals surface area (Å²) >= 11 is 1.39. The number of ether oxygens (including phenoxy) is 2. The summed E-state index contributed by atoms with van der Waals surface area (Å²) in [5.41, 5.74) is 7.16. The van der Waals surface area contributed by atoms with E-state index in [0.717, 1.165) is 6.20 Å². The van der Waals surface area contributed by atoms with Crippen LogP contribution in [0.4, 0.5) is 33.2 Å². The van der Waals surface area contributed by atoms with Crippen LogP contribution in [0.2, 0.25) is 0 Å². The van der Waals surface area contributed by atoms with Gasteiger partial charge in [-0.05, 0) is 62.4 Å². The molecule has 0 bridgehead atoms. The first-order valence-corrected chi connectivity index (χ1v) is 16.4. The summed E-state index contributed by atoms with van der Waals surface area (Å²) in [4.78, 5) is 61.6. The number of halogens is 1. The molecule has 17 heteroatoms. The Bertz CT molecular complexity index is 1510. The minimum atomic E-state index is -0.703. The van der Waals surface area contributed by atoms with Crippen LogP contribution >= 0.6 is 11.8 Å². The largest absolute Gasteiger partial charge is 0.491 e. The number of anilines is 5. The number of benzene rings is 2. The molecule has 0 aliphatic carbocycles. The van der Waals surface area contributed by atoms with E-state index in [1.165, 1.54) is 11.8 Å². The molecular formula is C32H41FN8O7S. The van der Waals surface area contributed by atoms with Crippen molar-refractivity contribution in [1.82, 2.24) is 20.6 Å². The first-order valence-electron chi connectivity index (χ1n) is 15.2. The average molecular weight is 701 g/mol. The Balaban J connectivity index is 0.00000267. The van der Waals surface area contributed by atoms with Crippen molar-refractivity contribution in [2.45, 2.75) is 32.2 Å². The molecule has 1 aromatic heterocycles. The number of thioether (sulfide) groups is 1. The van der Waals surface area contributed by atoms with Gasteiger partial charge in [-0.1, -0.05) is 6.07 Å². The summed E-state index contributed by atoms with van der Waals surface area (Å²) in [6.45, 7) is 3.55. The van der Waals surface area contributed by atoms with Crippen LogP contribution in [0, 0.1) is 5.82 Å². The molecule has 0 fully saturated rings. The molecule has 1 atom stereocenters. The molecule has 0 saturated carbocycles. The zero-order valence-electron chi connectivity index (χ0n) is 27.3. The maximum Gasteiger partial charge on any atom is 0.373 e. The van der Waals surface area contributed by atoms with Gasteiger partial charge in [0, 0.05) is 55.1 Å². The Morgan fingerprint density at radius 1 is 1.00 bits per heavy atom. The Kier molecular flexibility index (Phi) is 19.0. The zero-order valence-corrected chi connectivity index (χ0v) is 28.1. The van der Waals surface area contributed by atoms with E-state index < -0.39 is 11.9 Å². The van der Waals surface area contributed by atoms with Crippen molar-refractivity contribution < 1.29 is 37.8 Å². The number of nitrogens with zero attached hydrogens (tertiary/aromatic N) is 2. The van der Waals surface area contributed by atoms with E-state index >= 15 is 0 Å². The van der Waals surface area contributed by atoms with Crippen molar-refractivity contribution in [3.63, 3.8) is 0 Å². The number of hydrogen-bond donors (Lipinski definition) is 6. The van der Waals surface area contributed by atoms with Crippen molar-refractivity contribution in [3.05, 3.63) is 60.5 Å². The summed E-state index contributed by atoms with van der Waals surface area (Å²) in [5, 5.41) is 14.2. The van der Waals surface area contributed by atoms with Crippen LogP contribution < -0.4 is 37.1 Å². The quantitative estimate of drug-likeness (QED) is 0.0936. The third kappa shape index (κ3) is 16.0. The molecular weight excluding hydrogens is 659 g/mol. The van der Waals surface area contributed by atoms with Crippen LogP contribution in [-0.2, 0) is 28.7 Å². The van der Waals surface area contributed by atoms with Gasteiger partial charge < -0.3 is 41.8 Å². The smallest absolute Gasteiger partial charge is 0.373 e. The molecule has 0 spiro atoms. The summed E-state index contributed by atoms with van der Waals surface area (Å²) < 4.78 is 25.1. The molecule has 7 N–H and O–H groups in total. The van der Waals surface area contributed by atoms with Gasteiger partial charge >= 0.3 is 6.15 Å². The highest BCUT2D eigenvalue weighted by Gasteiger charge is 2.20. The van der Waals surface area contributed by atoms with Crippen molar-refractivity contribution in [1.29, 1.82) is 0 Å². The number of methoxy groups -OCH3 is 1. The van der Waals surface area contributed by atoms with Crippen molar-refractivity contribution in [2.24, 2.45) is 5.73 Å². The molecule has 1 heterocycles. The second-order valence-corrected chi connectivity index (χ2v) is 11.1. The van der Waals surface area contributed by atoms with E-state index in [4.69, 9.17) is 24.8 Å². The molecule has 2 aromatic carbocycles. The predicted octanol–water partition coefficient (Wildman–Crippen LogP) is 2.97. The van der Waals surface area contributed by atoms with Gasteiger partial charge in [-0.2, -0.15) is 26.3 Å². The molecule has 264 valence electrons. The van der Waals surface area contributed by atoms with E-state index in [1.54, 1.807) is 62.6 Å². The van der Waals surface area contributed by atoms with Crippen LogP contribution in [0.5, 0.6) is 5.75 Å². The van der Waals surface area contributed by atoms with E-state index in [9.17, 15) is 18.8 Å². The van der Waals surface area contributed by atoms with E-state index in [-0.39, 0.29) is 48.5 Å². The third-order valence-corrected chi connectivity index (χ3v) is 7.25. The van der Waals surface area contributed by atoms with E-state index in [2.05, 4.69) is 36.6 Å². The number of nitrogens with two attached hydrogens (primary N) is 1. The van der Waals surface area contributed by atoms with Crippen LogP contribution in [-0.4, -0.2) is 84.8 Å². The molecule has 3 aromatic rings. The maximum atomic E-state index is 14.6. The van der Waals surface area contributed by atoms with Crippen LogP contribution in [0.1, 0.15) is 26.2 Å². The molecule has 15 nitrogen and oxygen atoms in total. The van der Waals surface area contributed by atoms with Gasteiger partial charge in [0.2, 0.25) is 23.7 Å². The normalized spacial score (nSPS) is 10.8. The van der Waals surface area contributed by atoms with Gasteiger partial charge in [-0.3, -0.25) is 14.4 Å². The second kappa shape index (κ2) is 23.3. The lowest BCUT2D eigenvalue weighted by molar-refractivity contribution is -0.191. The minimum Gasteiger partial charge on any atom is -0.491 e. The highest BCUT2D eigenvalue weighted by atomic mass is 32.2. The van der Waals surface area contributed by atoms with Gasteiger partial charge in [0.05, 0.1) is 12.8 Å². The van der Waals surface area contributed by atoms with Crippen LogP contribution in [0.15, 0.2) is 54.7 Å². The number of likely N-dealkylation sites (N-methyl/N-ethyl adjacent to an activating group) is 1. The predicted molar refractivity (Wildman–Crippen MR) is 183 cm³/mol. The fourth-order valence-corrected chi connectivity index (χ4v) is 4.90. The lowest BCUT2D eigenvalue weighted by atomic mass is 10.2. The van der Waals surface area contributed by atoms with Crippen LogP contribution in [0.3, 0.4) is 0 Å². The summed E-state index contributed by atoms with van der Waals surface area (Å²) in [6, 6.07) is 13.2. The second-order valence-electron chi connectivity index (χ2n) is 9.95. The Labute approximate surface area is 287 Å². The molecule has 3 amide bonds. The third-order valence-electron chi connectivity index (χ3n) is 6.19. The molecule has 0 aliphatic rings. The summed E-state index contributed by atoms with van der Waals surface area (Å²) in [6.07, 6.45) is 2.27. The standard InChI is InChI=1S/C31H41FN8O5S.CO2/c1-3-34-30(43)26(39-27(41)8-5-14-33)20-46-17-13-28(42)36-22-6-4-7-23(18-22)37-29-25(32)19-35-31(40-29)38-21-9-11-24(12-10-21)45-16-15-44-2;2-1-3/h4,6-7,9-12,18-19,26H,3,5,8,13-17,20,33H2,1-2H3,(H,34,43)(H,36,42)(H,39,41)(H2,35,37,38,40);/t26-;/m0./s1. The fourth-order valence-electron chi connectivity index (χ4n) is 3.93. The Hall–Kier alpha value is -5.09. The van der Waals surface area contributed by atoms with Gasteiger partial charge in [-0.25, -0.2) is 9.37 Å². The Morgan fingerprint density at radius 3 is 2.43 bits per heavy atom. The fraction of sp³-hybridized carbons (Fsp3) is 0.375.